The van der Waals surface area contributed by atoms with Gasteiger partial charge in [0.25, 0.3) is 0 Å². The Labute approximate surface area is 92.8 Å². The van der Waals surface area contributed by atoms with Crippen molar-refractivity contribution in [3.63, 3.8) is 0 Å². The normalized spacial score (nSPS) is 10.1. The standard InChI is InChI=1S/C11H11FN4/c1-16(8-9-2-4-13-5-3-9)11-14-6-10(12)7-15-11/h2-7H,8H2,1H3. The summed E-state index contributed by atoms with van der Waals surface area (Å²) < 4.78 is 12.6. The predicted octanol–water partition coefficient (Wildman–Crippen LogP) is 1.65. The van der Waals surface area contributed by atoms with E-state index in [1.807, 2.05) is 24.1 Å². The molecular formula is C11H11FN4. The molecule has 0 bridgehead atoms. The number of rotatable bonds is 3. The van der Waals surface area contributed by atoms with Crippen LogP contribution in [0.3, 0.4) is 0 Å². The molecule has 82 valence electrons. The van der Waals surface area contributed by atoms with Crippen molar-refractivity contribution < 1.29 is 4.39 Å². The van der Waals surface area contributed by atoms with E-state index in [0.717, 1.165) is 18.0 Å². The van der Waals surface area contributed by atoms with Crippen molar-refractivity contribution in [2.75, 3.05) is 11.9 Å². The molecule has 0 amide bonds. The van der Waals surface area contributed by atoms with E-state index >= 15 is 0 Å². The first-order valence-electron chi connectivity index (χ1n) is 4.83. The molecule has 0 saturated carbocycles. The lowest BCUT2D eigenvalue weighted by Gasteiger charge is -2.16. The van der Waals surface area contributed by atoms with E-state index in [2.05, 4.69) is 15.0 Å². The number of aromatic nitrogens is 3. The molecule has 5 heteroatoms. The third kappa shape index (κ3) is 2.50. The van der Waals surface area contributed by atoms with Gasteiger partial charge in [-0.2, -0.15) is 0 Å². The first-order chi connectivity index (χ1) is 7.75. The Hall–Kier alpha value is -2.04. The Balaban J connectivity index is 2.09. The lowest BCUT2D eigenvalue weighted by Crippen LogP contribution is -2.19. The third-order valence-electron chi connectivity index (χ3n) is 2.12. The number of pyridine rings is 1. The van der Waals surface area contributed by atoms with Gasteiger partial charge in [0.2, 0.25) is 5.95 Å². The highest BCUT2D eigenvalue weighted by atomic mass is 19.1. The fourth-order valence-electron chi connectivity index (χ4n) is 1.34. The maximum absolute atomic E-state index is 12.6. The van der Waals surface area contributed by atoms with Crippen molar-refractivity contribution in [2.24, 2.45) is 0 Å². The average Bonchev–Trinajstić information content (AvgIpc) is 2.31. The molecule has 2 heterocycles. The summed E-state index contributed by atoms with van der Waals surface area (Å²) in [6.07, 6.45) is 5.78. The average molecular weight is 218 g/mol. The lowest BCUT2D eigenvalue weighted by molar-refractivity contribution is 0.612. The van der Waals surface area contributed by atoms with Crippen LogP contribution in [0.15, 0.2) is 36.9 Å². The van der Waals surface area contributed by atoms with Crippen molar-refractivity contribution in [1.82, 2.24) is 15.0 Å². The van der Waals surface area contributed by atoms with Gasteiger partial charge in [0.1, 0.15) is 0 Å². The second-order valence-electron chi connectivity index (χ2n) is 3.41. The van der Waals surface area contributed by atoms with Crippen molar-refractivity contribution in [1.29, 1.82) is 0 Å². The first-order valence-corrected chi connectivity index (χ1v) is 4.83. The topological polar surface area (TPSA) is 41.9 Å². The highest BCUT2D eigenvalue weighted by molar-refractivity contribution is 5.29. The monoisotopic (exact) mass is 218 g/mol. The highest BCUT2D eigenvalue weighted by Gasteiger charge is 2.04. The van der Waals surface area contributed by atoms with Crippen LogP contribution in [0.1, 0.15) is 5.56 Å². The third-order valence-corrected chi connectivity index (χ3v) is 2.12. The molecule has 0 atom stereocenters. The van der Waals surface area contributed by atoms with Crippen LogP contribution in [-0.2, 0) is 6.54 Å². The minimum atomic E-state index is -0.430. The molecule has 0 aliphatic rings. The molecule has 0 radical (unpaired) electrons. The predicted molar refractivity (Wildman–Crippen MR) is 58.3 cm³/mol. The number of halogens is 1. The Bertz CT molecular complexity index is 443. The van der Waals surface area contributed by atoms with Crippen LogP contribution >= 0.6 is 0 Å². The Morgan fingerprint density at radius 3 is 2.44 bits per heavy atom. The summed E-state index contributed by atoms with van der Waals surface area (Å²) in [4.78, 5) is 13.6. The van der Waals surface area contributed by atoms with Crippen molar-refractivity contribution in [2.45, 2.75) is 6.54 Å². The maximum Gasteiger partial charge on any atom is 0.225 e. The summed E-state index contributed by atoms with van der Waals surface area (Å²) in [5.41, 5.74) is 1.10. The van der Waals surface area contributed by atoms with E-state index in [1.165, 1.54) is 0 Å². The summed E-state index contributed by atoms with van der Waals surface area (Å²) in [7, 11) is 1.85. The zero-order valence-corrected chi connectivity index (χ0v) is 8.84. The van der Waals surface area contributed by atoms with Gasteiger partial charge in [0.05, 0.1) is 12.4 Å². The summed E-state index contributed by atoms with van der Waals surface area (Å²) in [6, 6.07) is 3.83. The number of anilines is 1. The van der Waals surface area contributed by atoms with Crippen LogP contribution in [0.25, 0.3) is 0 Å². The molecule has 0 saturated heterocycles. The van der Waals surface area contributed by atoms with E-state index in [9.17, 15) is 4.39 Å². The second kappa shape index (κ2) is 4.65. The summed E-state index contributed by atoms with van der Waals surface area (Å²) in [5, 5.41) is 0. The van der Waals surface area contributed by atoms with E-state index in [1.54, 1.807) is 12.4 Å². The Morgan fingerprint density at radius 1 is 1.19 bits per heavy atom. The molecule has 0 aromatic carbocycles. The molecular weight excluding hydrogens is 207 g/mol. The van der Waals surface area contributed by atoms with Gasteiger partial charge < -0.3 is 4.90 Å². The molecule has 2 aromatic heterocycles. The van der Waals surface area contributed by atoms with Crippen molar-refractivity contribution >= 4 is 5.95 Å². The molecule has 4 nitrogen and oxygen atoms in total. The van der Waals surface area contributed by atoms with Gasteiger partial charge in [-0.3, -0.25) is 4.98 Å². The fraction of sp³-hybridized carbons (Fsp3) is 0.182. The van der Waals surface area contributed by atoms with Crippen LogP contribution in [-0.4, -0.2) is 22.0 Å². The van der Waals surface area contributed by atoms with Gasteiger partial charge in [0, 0.05) is 26.0 Å². The van der Waals surface area contributed by atoms with Crippen LogP contribution in [0.2, 0.25) is 0 Å². The summed E-state index contributed by atoms with van der Waals surface area (Å²) in [5.74, 6) is 0.0688. The lowest BCUT2D eigenvalue weighted by atomic mass is 10.2. The molecule has 2 aromatic rings. The molecule has 0 N–H and O–H groups in total. The second-order valence-corrected chi connectivity index (χ2v) is 3.41. The zero-order chi connectivity index (χ0) is 11.4. The van der Waals surface area contributed by atoms with Crippen LogP contribution in [0, 0.1) is 5.82 Å². The summed E-state index contributed by atoms with van der Waals surface area (Å²) >= 11 is 0. The van der Waals surface area contributed by atoms with Gasteiger partial charge >= 0.3 is 0 Å². The van der Waals surface area contributed by atoms with Crippen LogP contribution in [0.4, 0.5) is 10.3 Å². The van der Waals surface area contributed by atoms with Crippen molar-refractivity contribution in [3.8, 4) is 0 Å². The highest BCUT2D eigenvalue weighted by Crippen LogP contribution is 2.08. The Morgan fingerprint density at radius 2 is 1.81 bits per heavy atom. The minimum absolute atomic E-state index is 0.430. The van der Waals surface area contributed by atoms with E-state index in [-0.39, 0.29) is 0 Å². The molecule has 0 aliphatic heterocycles. The van der Waals surface area contributed by atoms with Crippen molar-refractivity contribution in [3.05, 3.63) is 48.3 Å². The molecule has 0 unspecified atom stereocenters. The maximum atomic E-state index is 12.6. The number of nitrogens with zero attached hydrogens (tertiary/aromatic N) is 4. The minimum Gasteiger partial charge on any atom is -0.340 e. The van der Waals surface area contributed by atoms with E-state index in [4.69, 9.17) is 0 Å². The Kier molecular flexibility index (Phi) is 3.05. The molecule has 0 aliphatic carbocycles. The number of hydrogen-bond donors (Lipinski definition) is 0. The molecule has 2 rings (SSSR count). The van der Waals surface area contributed by atoms with Gasteiger partial charge in [-0.15, -0.1) is 0 Å². The first kappa shape index (κ1) is 10.5. The number of hydrogen-bond acceptors (Lipinski definition) is 4. The van der Waals surface area contributed by atoms with Gasteiger partial charge in [-0.1, -0.05) is 0 Å². The van der Waals surface area contributed by atoms with Crippen LogP contribution < -0.4 is 4.90 Å². The fourth-order valence-corrected chi connectivity index (χ4v) is 1.34. The molecule has 16 heavy (non-hydrogen) atoms. The molecule has 0 spiro atoms. The van der Waals surface area contributed by atoms with Crippen LogP contribution in [0.5, 0.6) is 0 Å². The molecule has 0 fully saturated rings. The smallest absolute Gasteiger partial charge is 0.225 e. The van der Waals surface area contributed by atoms with E-state index in [0.29, 0.717) is 12.5 Å². The summed E-state index contributed by atoms with van der Waals surface area (Å²) in [6.45, 7) is 0.661. The quantitative estimate of drug-likeness (QED) is 0.785. The zero-order valence-electron chi connectivity index (χ0n) is 8.84. The van der Waals surface area contributed by atoms with E-state index < -0.39 is 5.82 Å². The van der Waals surface area contributed by atoms with Gasteiger partial charge in [-0.25, -0.2) is 14.4 Å². The van der Waals surface area contributed by atoms with Gasteiger partial charge in [0.15, 0.2) is 5.82 Å². The SMILES string of the molecule is CN(Cc1ccncc1)c1ncc(F)cn1. The largest absolute Gasteiger partial charge is 0.340 e. The van der Waals surface area contributed by atoms with Gasteiger partial charge in [-0.05, 0) is 17.7 Å².